The molecule has 2 rings (SSSR count). The maximum Gasteiger partial charge on any atom is 0.290 e. The van der Waals surface area contributed by atoms with Crippen molar-refractivity contribution in [1.29, 1.82) is 0 Å². The van der Waals surface area contributed by atoms with E-state index in [0.717, 1.165) is 12.0 Å². The number of aliphatic hydroxyl groups excluding tert-OH is 1. The molecule has 0 aliphatic carbocycles. The van der Waals surface area contributed by atoms with Crippen molar-refractivity contribution >= 4 is 11.7 Å². The van der Waals surface area contributed by atoms with Gasteiger partial charge in [-0.1, -0.05) is 32.0 Å². The maximum absolute atomic E-state index is 12.5. The molecule has 0 saturated carbocycles. The van der Waals surface area contributed by atoms with Gasteiger partial charge < -0.3 is 14.7 Å². The molecule has 1 amide bonds. The Morgan fingerprint density at radius 3 is 2.54 bits per heavy atom. The number of ketones is 1. The van der Waals surface area contributed by atoms with E-state index in [-0.39, 0.29) is 23.9 Å². The Bertz CT molecular complexity index is 663. The Morgan fingerprint density at radius 1 is 1.29 bits per heavy atom. The first kappa shape index (κ1) is 18.0. The average molecular weight is 331 g/mol. The van der Waals surface area contributed by atoms with E-state index in [1.165, 1.54) is 0 Å². The molecule has 0 radical (unpaired) electrons. The summed E-state index contributed by atoms with van der Waals surface area (Å²) in [5.74, 6) is -0.510. The minimum absolute atomic E-state index is 0.0363. The Labute approximate surface area is 142 Å². The van der Waals surface area contributed by atoms with Crippen molar-refractivity contribution < 1.29 is 19.4 Å². The second-order valence-electron chi connectivity index (χ2n) is 6.14. The van der Waals surface area contributed by atoms with Crippen LogP contribution in [0.15, 0.2) is 35.6 Å². The zero-order valence-corrected chi connectivity index (χ0v) is 14.7. The van der Waals surface area contributed by atoms with Crippen LogP contribution >= 0.6 is 0 Å². The van der Waals surface area contributed by atoms with E-state index in [2.05, 4.69) is 0 Å². The maximum atomic E-state index is 12.5. The summed E-state index contributed by atoms with van der Waals surface area (Å²) in [4.78, 5) is 26.4. The Kier molecular flexibility index (Phi) is 5.65. The van der Waals surface area contributed by atoms with Crippen molar-refractivity contribution in [3.63, 3.8) is 0 Å². The van der Waals surface area contributed by atoms with E-state index >= 15 is 0 Å². The molecule has 24 heavy (non-hydrogen) atoms. The van der Waals surface area contributed by atoms with E-state index in [4.69, 9.17) is 4.74 Å². The van der Waals surface area contributed by atoms with Gasteiger partial charge in [0.2, 0.25) is 0 Å². The summed E-state index contributed by atoms with van der Waals surface area (Å²) in [6, 6.07) is 6.78. The third-order valence-corrected chi connectivity index (χ3v) is 3.97. The van der Waals surface area contributed by atoms with Gasteiger partial charge in [0.05, 0.1) is 17.7 Å². The van der Waals surface area contributed by atoms with Crippen LogP contribution in [0.2, 0.25) is 0 Å². The fraction of sp³-hybridized carbons (Fsp3) is 0.474. The van der Waals surface area contributed by atoms with Crippen molar-refractivity contribution in [3.05, 3.63) is 41.2 Å². The molecule has 0 aromatic heterocycles. The molecule has 1 heterocycles. The fourth-order valence-electron chi connectivity index (χ4n) is 2.99. The van der Waals surface area contributed by atoms with Gasteiger partial charge in [0, 0.05) is 18.5 Å². The molecule has 0 bridgehead atoms. The first-order valence-electron chi connectivity index (χ1n) is 8.45. The second-order valence-corrected chi connectivity index (χ2v) is 6.14. The summed E-state index contributed by atoms with van der Waals surface area (Å²) < 4.78 is 5.86. The molecule has 0 spiro atoms. The van der Waals surface area contributed by atoms with Gasteiger partial charge in [-0.15, -0.1) is 0 Å². The first-order valence-corrected chi connectivity index (χ1v) is 8.45. The van der Waals surface area contributed by atoms with Gasteiger partial charge >= 0.3 is 0 Å². The molecule has 1 aromatic rings. The number of hydrogen-bond acceptors (Lipinski definition) is 4. The molecule has 0 saturated heterocycles. The molecule has 5 nitrogen and oxygen atoms in total. The lowest BCUT2D eigenvalue weighted by molar-refractivity contribution is -0.129. The number of hydrogen-bond donors (Lipinski definition) is 1. The van der Waals surface area contributed by atoms with Crippen LogP contribution in [-0.4, -0.2) is 34.3 Å². The van der Waals surface area contributed by atoms with Gasteiger partial charge in [0.15, 0.2) is 11.5 Å². The molecule has 1 aliphatic rings. The molecule has 1 unspecified atom stereocenters. The highest BCUT2D eigenvalue weighted by atomic mass is 16.5. The summed E-state index contributed by atoms with van der Waals surface area (Å²) in [5.41, 5.74) is 0.907. The molecule has 130 valence electrons. The van der Waals surface area contributed by atoms with Crippen LogP contribution in [0.1, 0.15) is 52.1 Å². The molecule has 0 fully saturated rings. The number of Topliss-reactive ketones (excluding diaryl/α,β-unsaturated/α-hetero) is 1. The van der Waals surface area contributed by atoms with Crippen LogP contribution < -0.4 is 4.74 Å². The number of nitrogens with zero attached hydrogens (tertiary/aromatic N) is 1. The van der Waals surface area contributed by atoms with Gasteiger partial charge in [0.25, 0.3) is 5.91 Å². The van der Waals surface area contributed by atoms with Crippen LogP contribution in [0.5, 0.6) is 5.75 Å². The number of amides is 1. The number of ether oxygens (including phenoxy) is 1. The van der Waals surface area contributed by atoms with E-state index in [0.29, 0.717) is 12.3 Å². The minimum Gasteiger partial charge on any atom is -0.503 e. The van der Waals surface area contributed by atoms with E-state index < -0.39 is 17.7 Å². The summed E-state index contributed by atoms with van der Waals surface area (Å²) in [6.07, 6.45) is 0.929. The summed E-state index contributed by atoms with van der Waals surface area (Å²) in [5, 5.41) is 10.3. The Balaban J connectivity index is 2.58. The van der Waals surface area contributed by atoms with Crippen LogP contribution in [0, 0.1) is 0 Å². The molecular formula is C19H25NO4. The normalized spacial score (nSPS) is 17.8. The highest BCUT2D eigenvalue weighted by Gasteiger charge is 2.43. The smallest absolute Gasteiger partial charge is 0.290 e. The van der Waals surface area contributed by atoms with Gasteiger partial charge in [-0.3, -0.25) is 9.59 Å². The third-order valence-electron chi connectivity index (χ3n) is 3.97. The number of aliphatic hydroxyl groups is 1. The minimum atomic E-state index is -0.597. The van der Waals surface area contributed by atoms with E-state index in [1.807, 2.05) is 45.0 Å². The number of benzene rings is 1. The monoisotopic (exact) mass is 331 g/mol. The standard InChI is InChI=1S/C19H25NO4/c1-5-11-20-17(16(14(21)6-2)18(22)19(20)23)13-9-7-8-10-15(13)24-12(3)4/h7-10,12,17,22H,5-6,11H2,1-4H3. The topological polar surface area (TPSA) is 66.8 Å². The lowest BCUT2D eigenvalue weighted by Crippen LogP contribution is -2.32. The quantitative estimate of drug-likeness (QED) is 0.829. The van der Waals surface area contributed by atoms with Crippen LogP contribution in [0.25, 0.3) is 0 Å². The highest BCUT2D eigenvalue weighted by Crippen LogP contribution is 2.41. The fourth-order valence-corrected chi connectivity index (χ4v) is 2.99. The largest absolute Gasteiger partial charge is 0.503 e. The van der Waals surface area contributed by atoms with Gasteiger partial charge in [0.1, 0.15) is 5.75 Å². The SMILES string of the molecule is CCCN1C(=O)C(O)=C(C(=O)CC)C1c1ccccc1OC(C)C. The van der Waals surface area contributed by atoms with Crippen LogP contribution in [0.3, 0.4) is 0 Å². The Morgan fingerprint density at radius 2 is 1.96 bits per heavy atom. The zero-order chi connectivity index (χ0) is 17.9. The molecule has 1 aromatic carbocycles. The van der Waals surface area contributed by atoms with Crippen molar-refractivity contribution in [1.82, 2.24) is 4.90 Å². The van der Waals surface area contributed by atoms with Crippen molar-refractivity contribution in [2.24, 2.45) is 0 Å². The number of carbonyl (C=O) groups is 2. The Hall–Kier alpha value is -2.30. The van der Waals surface area contributed by atoms with Gasteiger partial charge in [-0.05, 0) is 26.3 Å². The van der Waals surface area contributed by atoms with Crippen LogP contribution in [0.4, 0.5) is 0 Å². The molecule has 1 aliphatic heterocycles. The molecular weight excluding hydrogens is 306 g/mol. The van der Waals surface area contributed by atoms with E-state index in [9.17, 15) is 14.7 Å². The predicted octanol–water partition coefficient (Wildman–Crippen LogP) is 3.56. The third kappa shape index (κ3) is 3.30. The lowest BCUT2D eigenvalue weighted by Gasteiger charge is -2.28. The van der Waals surface area contributed by atoms with Crippen molar-refractivity contribution in [3.8, 4) is 5.75 Å². The average Bonchev–Trinajstić information content (AvgIpc) is 2.79. The van der Waals surface area contributed by atoms with Crippen LogP contribution in [-0.2, 0) is 9.59 Å². The second kappa shape index (κ2) is 7.51. The lowest BCUT2D eigenvalue weighted by atomic mass is 9.94. The van der Waals surface area contributed by atoms with Crippen molar-refractivity contribution in [2.75, 3.05) is 6.54 Å². The molecule has 1 N–H and O–H groups in total. The van der Waals surface area contributed by atoms with Crippen molar-refractivity contribution in [2.45, 2.75) is 52.7 Å². The summed E-state index contributed by atoms with van der Waals surface area (Å²) in [6.45, 7) is 7.99. The summed E-state index contributed by atoms with van der Waals surface area (Å²) >= 11 is 0. The summed E-state index contributed by atoms with van der Waals surface area (Å²) in [7, 11) is 0. The van der Waals surface area contributed by atoms with Gasteiger partial charge in [-0.25, -0.2) is 0 Å². The van der Waals surface area contributed by atoms with E-state index in [1.54, 1.807) is 11.8 Å². The highest BCUT2D eigenvalue weighted by molar-refractivity contribution is 6.08. The number of rotatable bonds is 7. The number of carbonyl (C=O) groups excluding carboxylic acids is 2. The molecule has 1 atom stereocenters. The zero-order valence-electron chi connectivity index (χ0n) is 14.7. The predicted molar refractivity (Wildman–Crippen MR) is 91.9 cm³/mol. The molecule has 5 heteroatoms. The van der Waals surface area contributed by atoms with Gasteiger partial charge in [-0.2, -0.15) is 0 Å². The first-order chi connectivity index (χ1) is 11.4. The number of para-hydroxylation sites is 1.